The maximum absolute atomic E-state index is 13.0. The summed E-state index contributed by atoms with van der Waals surface area (Å²) in [6.07, 6.45) is 1.94. The molecule has 2 N–H and O–H groups in total. The van der Waals surface area contributed by atoms with Crippen LogP contribution in [0.15, 0.2) is 40.1 Å². The van der Waals surface area contributed by atoms with Gasteiger partial charge in [0, 0.05) is 23.8 Å². The van der Waals surface area contributed by atoms with Gasteiger partial charge in [-0.25, -0.2) is 9.18 Å². The molecule has 0 bridgehead atoms. The number of aromatic nitrogens is 2. The SMILES string of the molecule is NCCCn1c(=O)ccn(Cc2ccc(F)cc2Cl)c1=O. The lowest BCUT2D eigenvalue weighted by Gasteiger charge is -2.10. The summed E-state index contributed by atoms with van der Waals surface area (Å²) in [5, 5.41) is 0.238. The molecule has 5 nitrogen and oxygen atoms in total. The zero-order valence-corrected chi connectivity index (χ0v) is 12.0. The van der Waals surface area contributed by atoms with Gasteiger partial charge in [-0.3, -0.25) is 13.9 Å². The number of nitrogens with two attached hydrogens (primary N) is 1. The number of nitrogens with zero attached hydrogens (tertiary/aromatic N) is 2. The van der Waals surface area contributed by atoms with Gasteiger partial charge in [-0.05, 0) is 30.7 Å². The van der Waals surface area contributed by atoms with Gasteiger partial charge in [0.05, 0.1) is 6.54 Å². The summed E-state index contributed by atoms with van der Waals surface area (Å²) < 4.78 is 15.5. The van der Waals surface area contributed by atoms with Crippen molar-refractivity contribution in [2.75, 3.05) is 6.54 Å². The van der Waals surface area contributed by atoms with Crippen LogP contribution in [0.2, 0.25) is 5.02 Å². The van der Waals surface area contributed by atoms with Crippen LogP contribution in [0.5, 0.6) is 0 Å². The van der Waals surface area contributed by atoms with Crippen molar-refractivity contribution in [1.82, 2.24) is 9.13 Å². The molecule has 0 fully saturated rings. The van der Waals surface area contributed by atoms with Gasteiger partial charge in [0.15, 0.2) is 0 Å². The number of hydrogen-bond acceptors (Lipinski definition) is 3. The molecule has 112 valence electrons. The molecule has 0 spiro atoms. The average molecular weight is 312 g/mol. The molecule has 1 aromatic heterocycles. The fourth-order valence-electron chi connectivity index (χ4n) is 1.97. The van der Waals surface area contributed by atoms with Crippen molar-refractivity contribution < 1.29 is 4.39 Å². The lowest BCUT2D eigenvalue weighted by Crippen LogP contribution is -2.39. The smallest absolute Gasteiger partial charge is 0.330 e. The summed E-state index contributed by atoms with van der Waals surface area (Å²) in [6.45, 7) is 0.831. The van der Waals surface area contributed by atoms with Gasteiger partial charge < -0.3 is 5.73 Å². The highest BCUT2D eigenvalue weighted by Crippen LogP contribution is 2.17. The maximum Gasteiger partial charge on any atom is 0.331 e. The molecule has 21 heavy (non-hydrogen) atoms. The monoisotopic (exact) mass is 311 g/mol. The van der Waals surface area contributed by atoms with E-state index in [0.29, 0.717) is 18.5 Å². The Labute approximate surface area is 125 Å². The Kier molecular flexibility index (Phi) is 4.93. The number of halogens is 2. The molecular formula is C14H15ClFN3O2. The number of benzene rings is 1. The van der Waals surface area contributed by atoms with Gasteiger partial charge >= 0.3 is 5.69 Å². The van der Waals surface area contributed by atoms with E-state index in [4.69, 9.17) is 17.3 Å². The molecule has 0 atom stereocenters. The number of hydrogen-bond donors (Lipinski definition) is 1. The largest absolute Gasteiger partial charge is 0.331 e. The Bertz CT molecular complexity index is 755. The molecule has 0 saturated heterocycles. The molecule has 7 heteroatoms. The zero-order valence-electron chi connectivity index (χ0n) is 11.3. The average Bonchev–Trinajstić information content (AvgIpc) is 2.44. The highest BCUT2D eigenvalue weighted by Gasteiger charge is 2.08. The van der Waals surface area contributed by atoms with E-state index in [1.165, 1.54) is 35.0 Å². The van der Waals surface area contributed by atoms with E-state index in [-0.39, 0.29) is 23.7 Å². The first-order valence-corrected chi connectivity index (χ1v) is 6.85. The van der Waals surface area contributed by atoms with Crippen LogP contribution in [0.25, 0.3) is 0 Å². The molecule has 0 radical (unpaired) electrons. The van der Waals surface area contributed by atoms with Crippen molar-refractivity contribution >= 4 is 11.6 Å². The minimum Gasteiger partial charge on any atom is -0.330 e. The van der Waals surface area contributed by atoms with Crippen molar-refractivity contribution in [2.45, 2.75) is 19.5 Å². The fourth-order valence-corrected chi connectivity index (χ4v) is 2.19. The highest BCUT2D eigenvalue weighted by atomic mass is 35.5. The summed E-state index contributed by atoms with van der Waals surface area (Å²) in [6, 6.07) is 5.29. The Morgan fingerprint density at radius 1 is 1.24 bits per heavy atom. The minimum absolute atomic E-state index is 0.168. The molecule has 0 aliphatic heterocycles. The van der Waals surface area contributed by atoms with Crippen LogP contribution in [0.3, 0.4) is 0 Å². The second kappa shape index (κ2) is 6.69. The maximum atomic E-state index is 13.0. The lowest BCUT2D eigenvalue weighted by atomic mass is 10.2. The van der Waals surface area contributed by atoms with Crippen molar-refractivity contribution in [3.63, 3.8) is 0 Å². The summed E-state index contributed by atoms with van der Waals surface area (Å²) >= 11 is 5.95. The van der Waals surface area contributed by atoms with Crippen molar-refractivity contribution in [3.05, 3.63) is 67.7 Å². The summed E-state index contributed by atoms with van der Waals surface area (Å²) in [7, 11) is 0. The van der Waals surface area contributed by atoms with Crippen LogP contribution < -0.4 is 17.0 Å². The van der Waals surface area contributed by atoms with E-state index < -0.39 is 11.5 Å². The van der Waals surface area contributed by atoms with Crippen LogP contribution >= 0.6 is 11.6 Å². The quantitative estimate of drug-likeness (QED) is 0.902. The Balaban J connectivity index is 2.36. The van der Waals surface area contributed by atoms with Crippen LogP contribution in [0.4, 0.5) is 4.39 Å². The van der Waals surface area contributed by atoms with Gasteiger partial charge in [0.1, 0.15) is 5.82 Å². The summed E-state index contributed by atoms with van der Waals surface area (Å²) in [5.74, 6) is -0.441. The van der Waals surface area contributed by atoms with Gasteiger partial charge in [0.25, 0.3) is 5.56 Å². The second-order valence-electron chi connectivity index (χ2n) is 4.59. The van der Waals surface area contributed by atoms with E-state index in [2.05, 4.69) is 0 Å². The topological polar surface area (TPSA) is 70.0 Å². The normalized spacial score (nSPS) is 10.8. The zero-order chi connectivity index (χ0) is 15.4. The van der Waals surface area contributed by atoms with Gasteiger partial charge in [0.2, 0.25) is 0 Å². The van der Waals surface area contributed by atoms with Crippen molar-refractivity contribution in [1.29, 1.82) is 0 Å². The van der Waals surface area contributed by atoms with E-state index in [9.17, 15) is 14.0 Å². The molecule has 1 heterocycles. The molecule has 0 unspecified atom stereocenters. The Morgan fingerprint density at radius 2 is 2.00 bits per heavy atom. The summed E-state index contributed by atoms with van der Waals surface area (Å²) in [4.78, 5) is 23.9. The highest BCUT2D eigenvalue weighted by molar-refractivity contribution is 6.31. The molecule has 1 aromatic carbocycles. The van der Waals surface area contributed by atoms with E-state index in [1.807, 2.05) is 0 Å². The molecular weight excluding hydrogens is 297 g/mol. The van der Waals surface area contributed by atoms with Crippen LogP contribution in [0, 0.1) is 5.82 Å². The summed E-state index contributed by atoms with van der Waals surface area (Å²) in [5.41, 5.74) is 5.20. The van der Waals surface area contributed by atoms with E-state index >= 15 is 0 Å². The molecule has 0 saturated carbocycles. The molecule has 2 aromatic rings. The standard InChI is InChI=1S/C14H15ClFN3O2/c15-12-8-11(16)3-2-10(12)9-18-7-4-13(20)19(14(18)21)6-1-5-17/h2-4,7-8H,1,5-6,9,17H2. The molecule has 2 rings (SSSR count). The fraction of sp³-hybridized carbons (Fsp3) is 0.286. The van der Waals surface area contributed by atoms with Crippen molar-refractivity contribution in [3.8, 4) is 0 Å². The van der Waals surface area contributed by atoms with Crippen LogP contribution in [-0.4, -0.2) is 15.7 Å². The van der Waals surface area contributed by atoms with Crippen LogP contribution in [-0.2, 0) is 13.1 Å². The predicted octanol–water partition coefficient (Wildman–Crippen LogP) is 1.20. The molecule has 0 aliphatic carbocycles. The third-order valence-electron chi connectivity index (χ3n) is 3.08. The Hall–Kier alpha value is -1.92. The Morgan fingerprint density at radius 3 is 2.67 bits per heavy atom. The lowest BCUT2D eigenvalue weighted by molar-refractivity contribution is 0.554. The molecule has 0 amide bonds. The van der Waals surface area contributed by atoms with Gasteiger partial charge in [-0.15, -0.1) is 0 Å². The number of rotatable bonds is 5. The van der Waals surface area contributed by atoms with Crippen LogP contribution in [0.1, 0.15) is 12.0 Å². The van der Waals surface area contributed by atoms with E-state index in [1.54, 1.807) is 0 Å². The third-order valence-corrected chi connectivity index (χ3v) is 3.43. The first-order valence-electron chi connectivity index (χ1n) is 6.47. The van der Waals surface area contributed by atoms with Gasteiger partial charge in [-0.2, -0.15) is 0 Å². The first-order chi connectivity index (χ1) is 10.0. The molecule has 0 aliphatic rings. The first kappa shape index (κ1) is 15.5. The predicted molar refractivity (Wildman–Crippen MR) is 79.1 cm³/mol. The van der Waals surface area contributed by atoms with Crippen molar-refractivity contribution in [2.24, 2.45) is 5.73 Å². The second-order valence-corrected chi connectivity index (χ2v) is 5.00. The third kappa shape index (κ3) is 3.59. The minimum atomic E-state index is -0.441. The van der Waals surface area contributed by atoms with E-state index in [0.717, 1.165) is 4.57 Å². The van der Waals surface area contributed by atoms with Gasteiger partial charge in [-0.1, -0.05) is 17.7 Å².